The molecule has 6 N–H and O–H groups in total. The van der Waals surface area contributed by atoms with Gasteiger partial charge in [0.2, 0.25) is 5.91 Å². The fourth-order valence-corrected chi connectivity index (χ4v) is 8.41. The van der Waals surface area contributed by atoms with Crippen molar-refractivity contribution in [1.29, 1.82) is 0 Å². The first-order valence-electron chi connectivity index (χ1n) is 30.1. The van der Waals surface area contributed by atoms with Gasteiger partial charge in [0.25, 0.3) is 0 Å². The van der Waals surface area contributed by atoms with Crippen LogP contribution in [-0.4, -0.2) is 87.5 Å². The van der Waals surface area contributed by atoms with Crippen molar-refractivity contribution in [3.8, 4) is 0 Å². The van der Waals surface area contributed by atoms with Crippen molar-refractivity contribution in [2.24, 2.45) is 0 Å². The van der Waals surface area contributed by atoms with Crippen LogP contribution < -0.4 is 5.32 Å². The first-order valence-corrected chi connectivity index (χ1v) is 30.1. The van der Waals surface area contributed by atoms with E-state index < -0.39 is 49.5 Å². The third-order valence-electron chi connectivity index (χ3n) is 13.1. The van der Waals surface area contributed by atoms with Gasteiger partial charge in [0.15, 0.2) is 6.29 Å². The number of rotatable bonds is 49. The molecule has 1 amide bonds. The molecular weight excluding hydrogens is 947 g/mol. The summed E-state index contributed by atoms with van der Waals surface area (Å²) in [6.45, 7) is 3.62. The SMILES string of the molecule is CC/C=C\C/C=C\C/C=C\C/C=C\C/C=C\C/C=C\C/C=C\C/C=C\C/C=C\CCCCCCCCCC(=O)NC(COC1OC(CO)C(O)C(O)C1O)C(O)/C=C/CC/C=C/CC/C=C/CCCCCCCCCC. The van der Waals surface area contributed by atoms with Gasteiger partial charge in [-0.3, -0.25) is 4.79 Å². The molecule has 1 aliphatic heterocycles. The molecule has 0 spiro atoms. The van der Waals surface area contributed by atoms with Crippen LogP contribution in [0.3, 0.4) is 0 Å². The lowest BCUT2D eigenvalue weighted by Crippen LogP contribution is -2.60. The maximum atomic E-state index is 13.1. The minimum Gasteiger partial charge on any atom is -0.394 e. The van der Waals surface area contributed by atoms with Crippen molar-refractivity contribution in [3.05, 3.63) is 146 Å². The van der Waals surface area contributed by atoms with E-state index in [0.717, 1.165) is 122 Å². The first kappa shape index (κ1) is 70.1. The van der Waals surface area contributed by atoms with E-state index in [4.69, 9.17) is 9.47 Å². The molecule has 430 valence electrons. The van der Waals surface area contributed by atoms with Crippen LogP contribution in [0.1, 0.15) is 213 Å². The van der Waals surface area contributed by atoms with Crippen LogP contribution in [0.25, 0.3) is 0 Å². The van der Waals surface area contributed by atoms with E-state index >= 15 is 0 Å². The molecule has 7 unspecified atom stereocenters. The predicted molar refractivity (Wildman–Crippen MR) is 322 cm³/mol. The summed E-state index contributed by atoms with van der Waals surface area (Å²) in [6, 6.07) is -0.846. The van der Waals surface area contributed by atoms with Crippen molar-refractivity contribution < 1.29 is 39.8 Å². The molecule has 0 aromatic carbocycles. The molecule has 9 nitrogen and oxygen atoms in total. The van der Waals surface area contributed by atoms with E-state index in [2.05, 4.69) is 153 Å². The standard InChI is InChI=1S/C67H109NO8/c1-3-5-7-9-11-13-15-17-19-21-23-24-25-26-27-28-29-30-31-32-33-34-35-36-37-38-39-41-43-45-47-49-51-53-55-57-63(71)68-60(59-75-67-66(74)65(73)64(72)62(58-69)76-67)61(70)56-54-52-50-48-46-44-42-40-22-20-18-16-14-12-10-8-6-4-2/h5,7,11,13,17,19,22-24,26-27,29-30,32-33,35-36,38-40,46,48,54,56,60-62,64-67,69-70,72-74H,3-4,6,8-10,12,14-16,18,20-21,25,28,31,34,37,41-45,47,49-53,55,57-59H2,1-2H3,(H,68,71)/b7-5-,13-11-,19-17-,24-23-,27-26-,30-29-,33-32-,36-35-,39-38-,40-22+,48-46+,56-54+. The van der Waals surface area contributed by atoms with Crippen molar-refractivity contribution in [2.75, 3.05) is 13.2 Å². The van der Waals surface area contributed by atoms with Crippen molar-refractivity contribution in [2.45, 2.75) is 256 Å². The maximum Gasteiger partial charge on any atom is 0.220 e. The van der Waals surface area contributed by atoms with Gasteiger partial charge in [0, 0.05) is 6.42 Å². The molecule has 0 bridgehead atoms. The molecule has 1 aliphatic rings. The molecule has 7 atom stereocenters. The van der Waals surface area contributed by atoms with Gasteiger partial charge in [-0.25, -0.2) is 0 Å². The molecule has 1 saturated heterocycles. The van der Waals surface area contributed by atoms with Crippen LogP contribution >= 0.6 is 0 Å². The van der Waals surface area contributed by atoms with Crippen LogP contribution in [0.5, 0.6) is 0 Å². The lowest BCUT2D eigenvalue weighted by Gasteiger charge is -2.40. The van der Waals surface area contributed by atoms with Crippen LogP contribution in [0.15, 0.2) is 146 Å². The molecule has 0 saturated carbocycles. The van der Waals surface area contributed by atoms with Gasteiger partial charge in [-0.2, -0.15) is 0 Å². The summed E-state index contributed by atoms with van der Waals surface area (Å²) < 4.78 is 11.2. The lowest BCUT2D eigenvalue weighted by atomic mass is 9.99. The Bertz CT molecular complexity index is 1700. The number of hydrogen-bond donors (Lipinski definition) is 6. The van der Waals surface area contributed by atoms with E-state index in [1.54, 1.807) is 6.08 Å². The number of carbonyl (C=O) groups excluding carboxylic acids is 1. The Hall–Kier alpha value is -3.93. The van der Waals surface area contributed by atoms with Gasteiger partial charge in [-0.15, -0.1) is 0 Å². The Labute approximate surface area is 463 Å². The number of hydrogen-bond acceptors (Lipinski definition) is 8. The molecule has 9 heteroatoms. The number of ether oxygens (including phenoxy) is 2. The highest BCUT2D eigenvalue weighted by Crippen LogP contribution is 2.23. The van der Waals surface area contributed by atoms with Crippen LogP contribution in [0.4, 0.5) is 0 Å². The Balaban J connectivity index is 2.24. The smallest absolute Gasteiger partial charge is 0.220 e. The van der Waals surface area contributed by atoms with Crippen LogP contribution in [-0.2, 0) is 14.3 Å². The van der Waals surface area contributed by atoms with Gasteiger partial charge in [-0.1, -0.05) is 237 Å². The minimum absolute atomic E-state index is 0.209. The lowest BCUT2D eigenvalue weighted by molar-refractivity contribution is -0.302. The van der Waals surface area contributed by atoms with Gasteiger partial charge < -0.3 is 40.3 Å². The van der Waals surface area contributed by atoms with Gasteiger partial charge in [-0.05, 0) is 116 Å². The summed E-state index contributed by atoms with van der Waals surface area (Å²) in [5, 5.41) is 54.5. The van der Waals surface area contributed by atoms with Crippen molar-refractivity contribution in [3.63, 3.8) is 0 Å². The largest absolute Gasteiger partial charge is 0.394 e. The van der Waals surface area contributed by atoms with Crippen molar-refractivity contribution >= 4 is 5.91 Å². The van der Waals surface area contributed by atoms with Crippen LogP contribution in [0, 0.1) is 0 Å². The molecule has 1 fully saturated rings. The van der Waals surface area contributed by atoms with E-state index in [0.29, 0.717) is 6.42 Å². The second-order valence-electron chi connectivity index (χ2n) is 20.0. The topological polar surface area (TPSA) is 149 Å². The quantitative estimate of drug-likeness (QED) is 0.0261. The summed E-state index contributed by atoms with van der Waals surface area (Å²) in [5.74, 6) is -0.209. The summed E-state index contributed by atoms with van der Waals surface area (Å²) in [5.41, 5.74) is 0. The molecule has 1 heterocycles. The van der Waals surface area contributed by atoms with E-state index in [9.17, 15) is 30.3 Å². The average Bonchev–Trinajstić information content (AvgIpc) is 3.42. The number of allylic oxidation sites excluding steroid dienone is 23. The van der Waals surface area contributed by atoms with Gasteiger partial charge >= 0.3 is 0 Å². The monoisotopic (exact) mass is 1060 g/mol. The highest BCUT2D eigenvalue weighted by Gasteiger charge is 2.44. The number of aliphatic hydroxyl groups excluding tert-OH is 5. The Morgan fingerprint density at radius 3 is 1.26 bits per heavy atom. The third-order valence-corrected chi connectivity index (χ3v) is 13.1. The number of carbonyl (C=O) groups is 1. The number of amides is 1. The summed E-state index contributed by atoms with van der Waals surface area (Å²) in [4.78, 5) is 13.1. The van der Waals surface area contributed by atoms with Crippen molar-refractivity contribution in [1.82, 2.24) is 5.32 Å². The summed E-state index contributed by atoms with van der Waals surface area (Å²) in [7, 11) is 0. The fourth-order valence-electron chi connectivity index (χ4n) is 8.41. The third kappa shape index (κ3) is 43.1. The highest BCUT2D eigenvalue weighted by molar-refractivity contribution is 5.76. The highest BCUT2D eigenvalue weighted by atomic mass is 16.7. The summed E-state index contributed by atoms with van der Waals surface area (Å²) in [6.07, 6.45) is 77.7. The second-order valence-corrected chi connectivity index (χ2v) is 20.0. The van der Waals surface area contributed by atoms with E-state index in [1.807, 2.05) is 6.08 Å². The van der Waals surface area contributed by atoms with Gasteiger partial charge in [0.05, 0.1) is 25.4 Å². The number of aliphatic hydroxyl groups is 5. The molecule has 0 aliphatic carbocycles. The average molecular weight is 1060 g/mol. The Kier molecular flexibility index (Phi) is 50.2. The van der Waals surface area contributed by atoms with E-state index in [-0.39, 0.29) is 12.5 Å². The number of nitrogens with one attached hydrogen (secondary N) is 1. The molecule has 0 aromatic rings. The maximum absolute atomic E-state index is 13.1. The first-order chi connectivity index (χ1) is 37.3. The van der Waals surface area contributed by atoms with Gasteiger partial charge in [0.1, 0.15) is 24.4 Å². The molecule has 0 radical (unpaired) electrons. The Morgan fingerprint density at radius 2 is 0.829 bits per heavy atom. The second kappa shape index (κ2) is 54.4. The molecular formula is C67H109NO8. The Morgan fingerprint density at radius 1 is 0.461 bits per heavy atom. The zero-order valence-electron chi connectivity index (χ0n) is 47.7. The molecule has 1 rings (SSSR count). The summed E-state index contributed by atoms with van der Waals surface area (Å²) >= 11 is 0. The fraction of sp³-hybridized carbons (Fsp3) is 0.627. The molecule has 0 aromatic heterocycles. The predicted octanol–water partition coefficient (Wildman–Crippen LogP) is 15.5. The zero-order chi connectivity index (χ0) is 55.0. The number of unbranched alkanes of at least 4 members (excludes halogenated alkanes) is 17. The zero-order valence-corrected chi connectivity index (χ0v) is 47.7. The van der Waals surface area contributed by atoms with Crippen LogP contribution in [0.2, 0.25) is 0 Å². The molecule has 76 heavy (non-hydrogen) atoms. The minimum atomic E-state index is -1.59. The normalized spacial score (nSPS) is 19.9. The van der Waals surface area contributed by atoms with E-state index in [1.165, 1.54) is 70.6 Å².